The molecular weight excluding hydrogens is 448 g/mol. The van der Waals surface area contributed by atoms with Crippen LogP contribution in [0.5, 0.6) is 11.5 Å². The number of anilines is 3. The Hall–Kier alpha value is -2.97. The molecular formula is C23H25ClN4O3S. The molecule has 2 aromatic carbocycles. The fourth-order valence-corrected chi connectivity index (χ4v) is 4.45. The minimum atomic E-state index is 0.0940. The van der Waals surface area contributed by atoms with Gasteiger partial charge in [0.1, 0.15) is 11.5 Å². The van der Waals surface area contributed by atoms with E-state index in [1.165, 1.54) is 11.3 Å². The molecule has 7 nitrogen and oxygen atoms in total. The lowest BCUT2D eigenvalue weighted by molar-refractivity contribution is -0.130. The molecule has 0 saturated carbocycles. The van der Waals surface area contributed by atoms with E-state index >= 15 is 0 Å². The van der Waals surface area contributed by atoms with Gasteiger partial charge in [-0.15, -0.1) is 11.3 Å². The molecule has 0 atom stereocenters. The third kappa shape index (κ3) is 5.26. The Bertz CT molecular complexity index is 1070. The van der Waals surface area contributed by atoms with Crippen LogP contribution in [0.2, 0.25) is 5.02 Å². The number of benzene rings is 2. The third-order valence-corrected chi connectivity index (χ3v) is 6.41. The van der Waals surface area contributed by atoms with Crippen molar-refractivity contribution in [3.63, 3.8) is 0 Å². The Morgan fingerprint density at radius 3 is 2.53 bits per heavy atom. The van der Waals surface area contributed by atoms with Crippen LogP contribution in [0.1, 0.15) is 5.69 Å². The summed E-state index contributed by atoms with van der Waals surface area (Å²) in [5, 5.41) is 6.60. The van der Waals surface area contributed by atoms with Crippen molar-refractivity contribution in [2.45, 2.75) is 6.42 Å². The van der Waals surface area contributed by atoms with E-state index in [4.69, 9.17) is 21.1 Å². The molecule has 4 rings (SSSR count). The summed E-state index contributed by atoms with van der Waals surface area (Å²) >= 11 is 7.43. The number of thiazole rings is 1. The zero-order valence-corrected chi connectivity index (χ0v) is 19.6. The quantitative estimate of drug-likeness (QED) is 0.548. The lowest BCUT2D eigenvalue weighted by Crippen LogP contribution is -2.49. The number of hydrogen-bond acceptors (Lipinski definition) is 7. The van der Waals surface area contributed by atoms with Gasteiger partial charge >= 0.3 is 0 Å². The van der Waals surface area contributed by atoms with Gasteiger partial charge in [-0.2, -0.15) is 0 Å². The topological polar surface area (TPSA) is 66.9 Å². The first-order chi connectivity index (χ1) is 15.6. The van der Waals surface area contributed by atoms with E-state index in [0.717, 1.165) is 40.9 Å². The first-order valence-corrected chi connectivity index (χ1v) is 11.5. The van der Waals surface area contributed by atoms with Gasteiger partial charge in [-0.1, -0.05) is 11.6 Å². The second kappa shape index (κ2) is 10.1. The predicted molar refractivity (Wildman–Crippen MR) is 129 cm³/mol. The molecule has 0 spiro atoms. The minimum Gasteiger partial charge on any atom is -0.497 e. The third-order valence-electron chi connectivity index (χ3n) is 5.36. The second-order valence-corrected chi connectivity index (χ2v) is 8.65. The highest BCUT2D eigenvalue weighted by molar-refractivity contribution is 7.13. The molecule has 1 aromatic heterocycles. The zero-order valence-electron chi connectivity index (χ0n) is 18.0. The molecule has 1 amide bonds. The largest absolute Gasteiger partial charge is 0.497 e. The van der Waals surface area contributed by atoms with Crippen molar-refractivity contribution in [3.8, 4) is 11.5 Å². The molecule has 168 valence electrons. The molecule has 3 aromatic rings. The van der Waals surface area contributed by atoms with E-state index in [2.05, 4.69) is 15.2 Å². The fraction of sp³-hybridized carbons (Fsp3) is 0.304. The van der Waals surface area contributed by atoms with Gasteiger partial charge in [0, 0.05) is 48.3 Å². The maximum absolute atomic E-state index is 12.8. The number of carbonyl (C=O) groups excluding carboxylic acids is 1. The van der Waals surface area contributed by atoms with Crippen LogP contribution < -0.4 is 19.7 Å². The minimum absolute atomic E-state index is 0.0940. The maximum atomic E-state index is 12.8. The number of carbonyl (C=O) groups is 1. The molecule has 0 aliphatic carbocycles. The Morgan fingerprint density at radius 2 is 1.84 bits per heavy atom. The lowest BCUT2D eigenvalue weighted by Gasteiger charge is -2.36. The Kier molecular flexibility index (Phi) is 7.02. The van der Waals surface area contributed by atoms with Crippen LogP contribution in [0.25, 0.3) is 0 Å². The summed E-state index contributed by atoms with van der Waals surface area (Å²) in [6.07, 6.45) is 0.286. The fourth-order valence-electron chi connectivity index (χ4n) is 3.61. The van der Waals surface area contributed by atoms with Gasteiger partial charge in [0.2, 0.25) is 5.91 Å². The number of nitrogens with zero attached hydrogens (tertiary/aromatic N) is 3. The first-order valence-electron chi connectivity index (χ1n) is 10.3. The van der Waals surface area contributed by atoms with E-state index in [9.17, 15) is 4.79 Å². The zero-order chi connectivity index (χ0) is 22.5. The number of piperazine rings is 1. The average molecular weight is 473 g/mol. The molecule has 0 radical (unpaired) electrons. The Balaban J connectivity index is 1.33. The van der Waals surface area contributed by atoms with Crippen molar-refractivity contribution in [3.05, 3.63) is 58.6 Å². The number of aromatic nitrogens is 1. The summed E-state index contributed by atoms with van der Waals surface area (Å²) < 4.78 is 10.7. The second-order valence-electron chi connectivity index (χ2n) is 7.36. The van der Waals surface area contributed by atoms with Crippen molar-refractivity contribution < 1.29 is 14.3 Å². The van der Waals surface area contributed by atoms with Crippen LogP contribution >= 0.6 is 22.9 Å². The van der Waals surface area contributed by atoms with Crippen molar-refractivity contribution >= 4 is 45.4 Å². The number of methoxy groups -OCH3 is 2. The van der Waals surface area contributed by atoms with Gasteiger partial charge in [0.05, 0.1) is 32.0 Å². The molecule has 1 saturated heterocycles. The summed E-state index contributed by atoms with van der Waals surface area (Å²) in [5.41, 5.74) is 2.64. The Morgan fingerprint density at radius 1 is 1.09 bits per heavy atom. The highest BCUT2D eigenvalue weighted by Crippen LogP contribution is 2.32. The molecule has 2 heterocycles. The van der Waals surface area contributed by atoms with E-state index in [1.54, 1.807) is 14.2 Å². The number of nitrogens with one attached hydrogen (secondary N) is 1. The van der Waals surface area contributed by atoms with Gasteiger partial charge in [0.25, 0.3) is 0 Å². The van der Waals surface area contributed by atoms with Gasteiger partial charge in [-0.05, 0) is 36.4 Å². The number of halogens is 1. The summed E-state index contributed by atoms with van der Waals surface area (Å²) in [7, 11) is 3.24. The normalized spacial score (nSPS) is 13.7. The molecule has 32 heavy (non-hydrogen) atoms. The van der Waals surface area contributed by atoms with E-state index < -0.39 is 0 Å². The van der Waals surface area contributed by atoms with Crippen molar-refractivity contribution in [2.75, 3.05) is 50.6 Å². The number of amides is 1. The average Bonchev–Trinajstić information content (AvgIpc) is 3.26. The van der Waals surface area contributed by atoms with E-state index in [-0.39, 0.29) is 12.3 Å². The maximum Gasteiger partial charge on any atom is 0.228 e. The Labute approximate surface area is 196 Å². The summed E-state index contributed by atoms with van der Waals surface area (Å²) in [4.78, 5) is 21.6. The predicted octanol–water partition coefficient (Wildman–Crippen LogP) is 4.45. The summed E-state index contributed by atoms with van der Waals surface area (Å²) in [5.74, 6) is 1.51. The number of ether oxygens (including phenoxy) is 2. The standard InChI is InChI=1S/C23H25ClN4O3S/c1-30-19-7-8-21(31-2)20(14-19)26-23-25-17(15-32-23)13-22(29)28-11-9-27(10-12-28)18-5-3-16(24)4-6-18/h3-8,14-15H,9-13H2,1-2H3,(H,25,26). The SMILES string of the molecule is COc1ccc(OC)c(Nc2nc(CC(=O)N3CCN(c4ccc(Cl)cc4)CC3)cs2)c1. The van der Waals surface area contributed by atoms with Crippen LogP contribution in [0.15, 0.2) is 47.8 Å². The molecule has 0 unspecified atom stereocenters. The van der Waals surface area contributed by atoms with Crippen LogP contribution in [0.3, 0.4) is 0 Å². The summed E-state index contributed by atoms with van der Waals surface area (Å²) in [6.45, 7) is 2.98. The monoisotopic (exact) mass is 472 g/mol. The summed E-state index contributed by atoms with van der Waals surface area (Å²) in [6, 6.07) is 13.3. The highest BCUT2D eigenvalue weighted by atomic mass is 35.5. The molecule has 1 fully saturated rings. The van der Waals surface area contributed by atoms with Crippen LogP contribution in [0, 0.1) is 0 Å². The molecule has 0 bridgehead atoms. The van der Waals surface area contributed by atoms with Gasteiger partial charge in [-0.3, -0.25) is 4.79 Å². The lowest BCUT2D eigenvalue weighted by atomic mass is 10.2. The van der Waals surface area contributed by atoms with Crippen LogP contribution in [-0.2, 0) is 11.2 Å². The van der Waals surface area contributed by atoms with Gasteiger partial charge in [-0.25, -0.2) is 4.98 Å². The van der Waals surface area contributed by atoms with Crippen molar-refractivity contribution in [2.24, 2.45) is 0 Å². The van der Waals surface area contributed by atoms with Gasteiger partial charge < -0.3 is 24.6 Å². The van der Waals surface area contributed by atoms with Crippen molar-refractivity contribution in [1.82, 2.24) is 9.88 Å². The van der Waals surface area contributed by atoms with Crippen LogP contribution in [-0.4, -0.2) is 56.2 Å². The smallest absolute Gasteiger partial charge is 0.228 e. The highest BCUT2D eigenvalue weighted by Gasteiger charge is 2.22. The van der Waals surface area contributed by atoms with E-state index in [0.29, 0.717) is 24.0 Å². The number of rotatable bonds is 7. The molecule has 1 aliphatic rings. The molecule has 9 heteroatoms. The number of hydrogen-bond donors (Lipinski definition) is 1. The van der Waals surface area contributed by atoms with Gasteiger partial charge in [0.15, 0.2) is 5.13 Å². The molecule has 1 N–H and O–H groups in total. The van der Waals surface area contributed by atoms with Crippen LogP contribution in [0.4, 0.5) is 16.5 Å². The van der Waals surface area contributed by atoms with E-state index in [1.807, 2.05) is 52.7 Å². The molecule has 1 aliphatic heterocycles. The first kappa shape index (κ1) is 22.2. The van der Waals surface area contributed by atoms with Crippen molar-refractivity contribution in [1.29, 1.82) is 0 Å².